The fourth-order valence-electron chi connectivity index (χ4n) is 2.36. The Hall–Kier alpha value is -1.59. The summed E-state index contributed by atoms with van der Waals surface area (Å²) in [5.41, 5.74) is 5.42. The number of nitrogens with zero attached hydrogens (tertiary/aromatic N) is 2. The van der Waals surface area contributed by atoms with E-state index in [4.69, 9.17) is 23.8 Å². The van der Waals surface area contributed by atoms with E-state index in [1.165, 1.54) is 11.3 Å². The molecule has 2 N–H and O–H groups in total. The Morgan fingerprint density at radius 3 is 2.68 bits per heavy atom. The number of benzene rings is 1. The van der Waals surface area contributed by atoms with Gasteiger partial charge in [-0.15, -0.1) is 0 Å². The number of rotatable bonds is 4. The molecule has 0 bridgehead atoms. The summed E-state index contributed by atoms with van der Waals surface area (Å²) in [5.74, 6) is 0. The van der Waals surface area contributed by atoms with Gasteiger partial charge in [0.2, 0.25) is 0 Å². The predicted molar refractivity (Wildman–Crippen MR) is 96.6 cm³/mol. The number of hydrogen-bond acceptors (Lipinski definition) is 2. The first-order valence-electron chi connectivity index (χ1n) is 7.26. The maximum Gasteiger partial charge on any atom is 0.171 e. The molecular weight excluding hydrogens is 316 g/mol. The van der Waals surface area contributed by atoms with Crippen molar-refractivity contribution in [3.8, 4) is 0 Å². The Bertz CT molecular complexity index is 694. The highest BCUT2D eigenvalue weighted by Gasteiger charge is 2.11. The Morgan fingerprint density at radius 2 is 2.05 bits per heavy atom. The lowest BCUT2D eigenvalue weighted by Crippen LogP contribution is -2.28. The largest absolute Gasteiger partial charge is 0.358 e. The number of anilines is 1. The van der Waals surface area contributed by atoms with E-state index in [0.29, 0.717) is 16.7 Å². The van der Waals surface area contributed by atoms with Crippen molar-refractivity contribution in [3.63, 3.8) is 0 Å². The van der Waals surface area contributed by atoms with Gasteiger partial charge in [0.25, 0.3) is 0 Å². The van der Waals surface area contributed by atoms with E-state index in [1.807, 2.05) is 36.7 Å². The van der Waals surface area contributed by atoms with Crippen LogP contribution in [0.15, 0.2) is 18.2 Å². The highest BCUT2D eigenvalue weighted by atomic mass is 35.5. The molecule has 0 aliphatic rings. The van der Waals surface area contributed by atoms with Gasteiger partial charge < -0.3 is 10.6 Å². The summed E-state index contributed by atoms with van der Waals surface area (Å²) in [7, 11) is 0. The fraction of sp³-hybridized carbons (Fsp3) is 0.375. The zero-order valence-corrected chi connectivity index (χ0v) is 14.9. The molecule has 0 unspecified atom stereocenters. The maximum absolute atomic E-state index is 6.02. The van der Waals surface area contributed by atoms with Gasteiger partial charge in [0, 0.05) is 35.1 Å². The first kappa shape index (κ1) is 16.8. The van der Waals surface area contributed by atoms with Crippen LogP contribution in [0.2, 0.25) is 5.02 Å². The van der Waals surface area contributed by atoms with Crippen molar-refractivity contribution in [2.75, 3.05) is 5.32 Å². The third-order valence-corrected chi connectivity index (χ3v) is 4.19. The molecular formula is C16H21ClN4S. The van der Waals surface area contributed by atoms with E-state index in [-0.39, 0.29) is 0 Å². The summed E-state index contributed by atoms with van der Waals surface area (Å²) in [5, 5.41) is 12.2. The van der Waals surface area contributed by atoms with E-state index in [0.717, 1.165) is 23.5 Å². The molecule has 2 rings (SSSR count). The lowest BCUT2D eigenvalue weighted by Gasteiger charge is -2.13. The van der Waals surface area contributed by atoms with Gasteiger partial charge in [-0.3, -0.25) is 4.68 Å². The van der Waals surface area contributed by atoms with Gasteiger partial charge >= 0.3 is 0 Å². The summed E-state index contributed by atoms with van der Waals surface area (Å²) in [6.07, 6.45) is 0. The van der Waals surface area contributed by atoms with Crippen LogP contribution in [0.25, 0.3) is 0 Å². The molecule has 4 nitrogen and oxygen atoms in total. The van der Waals surface area contributed by atoms with Crippen molar-refractivity contribution in [2.45, 2.75) is 40.8 Å². The summed E-state index contributed by atoms with van der Waals surface area (Å²) in [6, 6.07) is 5.70. The minimum atomic E-state index is 0.577. The molecule has 0 aliphatic heterocycles. The predicted octanol–water partition coefficient (Wildman–Crippen LogP) is 3.97. The fourth-order valence-corrected chi connectivity index (χ4v) is 2.72. The molecule has 1 aromatic carbocycles. The van der Waals surface area contributed by atoms with Crippen LogP contribution in [-0.2, 0) is 13.1 Å². The maximum atomic E-state index is 6.02. The second kappa shape index (κ2) is 7.11. The molecule has 0 radical (unpaired) electrons. The van der Waals surface area contributed by atoms with Crippen LogP contribution in [0.1, 0.15) is 29.4 Å². The number of halogens is 1. The van der Waals surface area contributed by atoms with Crippen molar-refractivity contribution in [1.82, 2.24) is 15.1 Å². The highest BCUT2D eigenvalue weighted by Crippen LogP contribution is 2.20. The molecule has 6 heteroatoms. The lowest BCUT2D eigenvalue weighted by atomic mass is 10.2. The third-order valence-electron chi connectivity index (χ3n) is 3.70. The minimum absolute atomic E-state index is 0.577. The lowest BCUT2D eigenvalue weighted by molar-refractivity contribution is 0.633. The van der Waals surface area contributed by atoms with Crippen molar-refractivity contribution >= 4 is 34.6 Å². The van der Waals surface area contributed by atoms with Crippen molar-refractivity contribution in [1.29, 1.82) is 0 Å². The zero-order chi connectivity index (χ0) is 16.3. The molecule has 0 saturated carbocycles. The molecule has 0 spiro atoms. The smallest absolute Gasteiger partial charge is 0.171 e. The van der Waals surface area contributed by atoms with Gasteiger partial charge in [0.05, 0.1) is 5.69 Å². The first-order valence-corrected chi connectivity index (χ1v) is 8.05. The van der Waals surface area contributed by atoms with Gasteiger partial charge in [0.15, 0.2) is 5.11 Å². The third kappa shape index (κ3) is 3.78. The van der Waals surface area contributed by atoms with Crippen LogP contribution in [0.5, 0.6) is 0 Å². The van der Waals surface area contributed by atoms with Crippen LogP contribution in [-0.4, -0.2) is 14.9 Å². The summed E-state index contributed by atoms with van der Waals surface area (Å²) >= 11 is 11.4. The number of thiocarbonyl (C=S) groups is 1. The number of aryl methyl sites for hydroxylation is 3. The normalized spacial score (nSPS) is 10.6. The van der Waals surface area contributed by atoms with Gasteiger partial charge in [-0.05, 0) is 57.6 Å². The molecule has 0 fully saturated rings. The second-order valence-electron chi connectivity index (χ2n) is 5.23. The van der Waals surface area contributed by atoms with Crippen molar-refractivity contribution < 1.29 is 0 Å². The summed E-state index contributed by atoms with van der Waals surface area (Å²) in [4.78, 5) is 0. The van der Waals surface area contributed by atoms with E-state index in [1.54, 1.807) is 0 Å². The summed E-state index contributed by atoms with van der Waals surface area (Å²) in [6.45, 7) is 9.73. The van der Waals surface area contributed by atoms with Gasteiger partial charge in [-0.1, -0.05) is 17.7 Å². The molecule has 0 saturated heterocycles. The second-order valence-corrected chi connectivity index (χ2v) is 6.08. The molecule has 1 aromatic heterocycles. The topological polar surface area (TPSA) is 41.9 Å². The standard InChI is InChI=1S/C16H21ClN4S/c1-5-21-12(4)14(11(3)20-21)9-18-16(22)19-15-8-13(17)7-6-10(15)2/h6-8H,5,9H2,1-4H3,(H2,18,19,22). The monoisotopic (exact) mass is 336 g/mol. The number of nitrogens with one attached hydrogen (secondary N) is 2. The Balaban J connectivity index is 2.01. The van der Waals surface area contributed by atoms with E-state index in [9.17, 15) is 0 Å². The first-order chi connectivity index (χ1) is 10.4. The molecule has 22 heavy (non-hydrogen) atoms. The average molecular weight is 337 g/mol. The van der Waals surface area contributed by atoms with Gasteiger partial charge in [-0.2, -0.15) is 5.10 Å². The van der Waals surface area contributed by atoms with Crippen LogP contribution >= 0.6 is 23.8 Å². The Morgan fingerprint density at radius 1 is 1.32 bits per heavy atom. The molecule has 0 amide bonds. The van der Waals surface area contributed by atoms with Crippen LogP contribution in [0, 0.1) is 20.8 Å². The van der Waals surface area contributed by atoms with Gasteiger partial charge in [-0.25, -0.2) is 0 Å². The van der Waals surface area contributed by atoms with E-state index in [2.05, 4.69) is 29.6 Å². The summed E-state index contributed by atoms with van der Waals surface area (Å²) < 4.78 is 2.00. The highest BCUT2D eigenvalue weighted by molar-refractivity contribution is 7.80. The van der Waals surface area contributed by atoms with Crippen molar-refractivity contribution in [2.24, 2.45) is 0 Å². The van der Waals surface area contributed by atoms with Crippen LogP contribution in [0.3, 0.4) is 0 Å². The molecule has 1 heterocycles. The van der Waals surface area contributed by atoms with Gasteiger partial charge in [0.1, 0.15) is 0 Å². The SMILES string of the molecule is CCn1nc(C)c(CNC(=S)Nc2cc(Cl)ccc2C)c1C. The molecule has 0 atom stereocenters. The average Bonchev–Trinajstić information content (AvgIpc) is 2.75. The van der Waals surface area contributed by atoms with E-state index >= 15 is 0 Å². The molecule has 2 aromatic rings. The molecule has 118 valence electrons. The van der Waals surface area contributed by atoms with Crippen LogP contribution < -0.4 is 10.6 Å². The van der Waals surface area contributed by atoms with E-state index < -0.39 is 0 Å². The molecule has 0 aliphatic carbocycles. The zero-order valence-electron chi connectivity index (χ0n) is 13.3. The quantitative estimate of drug-likeness (QED) is 0.829. The Labute approximate surface area is 141 Å². The number of aromatic nitrogens is 2. The Kier molecular flexibility index (Phi) is 5.42. The minimum Gasteiger partial charge on any atom is -0.358 e. The van der Waals surface area contributed by atoms with Crippen molar-refractivity contribution in [3.05, 3.63) is 45.7 Å². The van der Waals surface area contributed by atoms with Crippen LogP contribution in [0.4, 0.5) is 5.69 Å². The number of hydrogen-bond donors (Lipinski definition) is 2.